The minimum absolute atomic E-state index is 0.310. The Morgan fingerprint density at radius 2 is 1.68 bits per heavy atom. The first-order valence-corrected chi connectivity index (χ1v) is 10.4. The van der Waals surface area contributed by atoms with Crippen LogP contribution in [0.1, 0.15) is 66.0 Å². The summed E-state index contributed by atoms with van der Waals surface area (Å²) in [6.45, 7) is 12.9. The fourth-order valence-corrected chi connectivity index (χ4v) is 3.33. The molecule has 0 bridgehead atoms. The third-order valence-corrected chi connectivity index (χ3v) is 5.92. The molecule has 0 unspecified atom stereocenters. The summed E-state index contributed by atoms with van der Waals surface area (Å²) in [6.07, 6.45) is 6.22. The summed E-state index contributed by atoms with van der Waals surface area (Å²) in [5.74, 6) is 0. The van der Waals surface area contributed by atoms with E-state index in [4.69, 9.17) is 14.0 Å². The van der Waals surface area contributed by atoms with Crippen LogP contribution in [0.3, 0.4) is 0 Å². The monoisotopic (exact) mass is 384 g/mol. The van der Waals surface area contributed by atoms with Crippen LogP contribution in [0.5, 0.6) is 0 Å². The average molecular weight is 384 g/mol. The highest BCUT2D eigenvalue weighted by Gasteiger charge is 2.52. The van der Waals surface area contributed by atoms with Crippen molar-refractivity contribution in [1.82, 2.24) is 9.78 Å². The van der Waals surface area contributed by atoms with Gasteiger partial charge < -0.3 is 14.0 Å². The molecular formula is C22H33BN2O3. The van der Waals surface area contributed by atoms with Gasteiger partial charge in [0.25, 0.3) is 0 Å². The zero-order valence-electron chi connectivity index (χ0n) is 18.0. The molecule has 6 heteroatoms. The van der Waals surface area contributed by atoms with E-state index in [2.05, 4.69) is 51.1 Å². The van der Waals surface area contributed by atoms with Gasteiger partial charge in [-0.05, 0) is 46.1 Å². The van der Waals surface area contributed by atoms with Gasteiger partial charge in [0.2, 0.25) is 0 Å². The van der Waals surface area contributed by atoms with E-state index in [1.54, 1.807) is 0 Å². The number of benzene rings is 1. The van der Waals surface area contributed by atoms with Crippen molar-refractivity contribution in [2.24, 2.45) is 0 Å². The standard InChI is InChI=1S/C20H27BN2O3.C2H6/c1-19(2)20(3,4)26-21(25-19)16-12-22-23(13-16)17-10-18(11-17)24-14-15-8-6-5-7-9-15;1-2/h5-9,12-13,17-18H,10-11,14H2,1-4H3;1-2H3. The maximum atomic E-state index is 6.10. The van der Waals surface area contributed by atoms with Crippen LogP contribution in [0.2, 0.25) is 0 Å². The van der Waals surface area contributed by atoms with Gasteiger partial charge in [0.05, 0.1) is 30.0 Å². The summed E-state index contributed by atoms with van der Waals surface area (Å²) in [4.78, 5) is 0. The van der Waals surface area contributed by atoms with Crippen molar-refractivity contribution in [3.05, 3.63) is 48.3 Å². The Labute approximate surface area is 169 Å². The Morgan fingerprint density at radius 3 is 2.29 bits per heavy atom. The number of ether oxygens (including phenoxy) is 1. The molecule has 1 aliphatic heterocycles. The van der Waals surface area contributed by atoms with E-state index in [1.807, 2.05) is 42.9 Å². The molecule has 0 atom stereocenters. The molecule has 2 aliphatic rings. The lowest BCUT2D eigenvalue weighted by Crippen LogP contribution is -2.41. The molecule has 4 rings (SSSR count). The van der Waals surface area contributed by atoms with Crippen molar-refractivity contribution in [2.45, 2.75) is 84.3 Å². The molecule has 152 valence electrons. The zero-order valence-corrected chi connectivity index (χ0v) is 18.0. The van der Waals surface area contributed by atoms with Crippen LogP contribution in [0, 0.1) is 0 Å². The maximum absolute atomic E-state index is 6.10. The number of nitrogens with zero attached hydrogens (tertiary/aromatic N) is 2. The normalized spacial score (nSPS) is 25.0. The summed E-state index contributed by atoms with van der Waals surface area (Å²) >= 11 is 0. The van der Waals surface area contributed by atoms with Crippen LogP contribution in [0.15, 0.2) is 42.7 Å². The van der Waals surface area contributed by atoms with Gasteiger partial charge in [0.15, 0.2) is 0 Å². The summed E-state index contributed by atoms with van der Waals surface area (Å²) in [7, 11) is -0.348. The largest absolute Gasteiger partial charge is 0.498 e. The van der Waals surface area contributed by atoms with Gasteiger partial charge in [-0.15, -0.1) is 0 Å². The predicted molar refractivity (Wildman–Crippen MR) is 113 cm³/mol. The average Bonchev–Trinajstić information content (AvgIpc) is 3.19. The molecule has 0 N–H and O–H groups in total. The first kappa shape index (κ1) is 21.1. The van der Waals surface area contributed by atoms with Crippen molar-refractivity contribution in [3.63, 3.8) is 0 Å². The molecule has 0 amide bonds. The zero-order chi connectivity index (χ0) is 20.4. The minimum Gasteiger partial charge on any atom is -0.399 e. The molecule has 1 saturated carbocycles. The molecule has 1 aromatic heterocycles. The third-order valence-electron chi connectivity index (χ3n) is 5.92. The van der Waals surface area contributed by atoms with Gasteiger partial charge in [-0.1, -0.05) is 44.2 Å². The van der Waals surface area contributed by atoms with Gasteiger partial charge >= 0.3 is 7.12 Å². The van der Waals surface area contributed by atoms with Crippen molar-refractivity contribution < 1.29 is 14.0 Å². The van der Waals surface area contributed by atoms with E-state index in [1.165, 1.54) is 5.56 Å². The van der Waals surface area contributed by atoms with Crippen molar-refractivity contribution in [3.8, 4) is 0 Å². The first-order chi connectivity index (χ1) is 13.3. The minimum atomic E-state index is -0.348. The van der Waals surface area contributed by atoms with E-state index < -0.39 is 0 Å². The number of hydrogen-bond donors (Lipinski definition) is 0. The smallest absolute Gasteiger partial charge is 0.399 e. The maximum Gasteiger partial charge on any atom is 0.498 e. The van der Waals surface area contributed by atoms with Crippen LogP contribution in [0.4, 0.5) is 0 Å². The van der Waals surface area contributed by atoms with E-state index in [9.17, 15) is 0 Å². The second-order valence-corrected chi connectivity index (χ2v) is 8.39. The fourth-order valence-electron chi connectivity index (χ4n) is 3.33. The van der Waals surface area contributed by atoms with Gasteiger partial charge in [0.1, 0.15) is 0 Å². The summed E-state index contributed by atoms with van der Waals surface area (Å²) in [5, 5.41) is 4.53. The lowest BCUT2D eigenvalue weighted by molar-refractivity contribution is -0.0383. The lowest BCUT2D eigenvalue weighted by Gasteiger charge is -2.35. The van der Waals surface area contributed by atoms with Crippen molar-refractivity contribution in [1.29, 1.82) is 0 Å². The van der Waals surface area contributed by atoms with Gasteiger partial charge in [0, 0.05) is 17.9 Å². The van der Waals surface area contributed by atoms with E-state index in [0.29, 0.717) is 18.8 Å². The highest BCUT2D eigenvalue weighted by atomic mass is 16.7. The Hall–Kier alpha value is -1.63. The molecule has 5 nitrogen and oxygen atoms in total. The Balaban J connectivity index is 0.00000109. The quantitative estimate of drug-likeness (QED) is 0.728. The number of rotatable bonds is 5. The second kappa shape index (κ2) is 8.40. The van der Waals surface area contributed by atoms with E-state index in [0.717, 1.165) is 18.3 Å². The topological polar surface area (TPSA) is 45.5 Å². The Bertz CT molecular complexity index is 738. The summed E-state index contributed by atoms with van der Waals surface area (Å²) < 4.78 is 20.2. The van der Waals surface area contributed by atoms with Gasteiger partial charge in [-0.25, -0.2) is 0 Å². The molecule has 2 aromatic rings. The molecule has 1 aromatic carbocycles. The first-order valence-electron chi connectivity index (χ1n) is 10.4. The molecule has 1 aliphatic carbocycles. The molecular weight excluding hydrogens is 351 g/mol. The second-order valence-electron chi connectivity index (χ2n) is 8.39. The predicted octanol–water partition coefficient (Wildman–Crippen LogP) is 4.13. The van der Waals surface area contributed by atoms with Crippen LogP contribution < -0.4 is 5.46 Å². The van der Waals surface area contributed by atoms with Crippen LogP contribution in [-0.4, -0.2) is 34.2 Å². The molecule has 28 heavy (non-hydrogen) atoms. The Kier molecular flexibility index (Phi) is 6.32. The Morgan fingerprint density at radius 1 is 1.07 bits per heavy atom. The fraction of sp³-hybridized carbons (Fsp3) is 0.591. The summed E-state index contributed by atoms with van der Waals surface area (Å²) in [6, 6.07) is 10.7. The van der Waals surface area contributed by atoms with Crippen LogP contribution >= 0.6 is 0 Å². The molecule has 0 radical (unpaired) electrons. The SMILES string of the molecule is CC.CC1(C)OB(c2cnn(C3CC(OCc4ccccc4)C3)c2)OC1(C)C. The van der Waals surface area contributed by atoms with Gasteiger partial charge in [-0.3, -0.25) is 4.68 Å². The van der Waals surface area contributed by atoms with E-state index in [-0.39, 0.29) is 18.3 Å². The van der Waals surface area contributed by atoms with E-state index >= 15 is 0 Å². The van der Waals surface area contributed by atoms with Crippen LogP contribution in [-0.2, 0) is 20.7 Å². The molecule has 0 spiro atoms. The molecule has 2 fully saturated rings. The number of hydrogen-bond acceptors (Lipinski definition) is 4. The van der Waals surface area contributed by atoms with Crippen LogP contribution in [0.25, 0.3) is 0 Å². The van der Waals surface area contributed by atoms with Gasteiger partial charge in [-0.2, -0.15) is 5.10 Å². The summed E-state index contributed by atoms with van der Waals surface area (Å²) in [5.41, 5.74) is 1.55. The number of aromatic nitrogens is 2. The molecule has 2 heterocycles. The third kappa shape index (κ3) is 4.34. The highest BCUT2D eigenvalue weighted by Crippen LogP contribution is 2.37. The van der Waals surface area contributed by atoms with Crippen molar-refractivity contribution >= 4 is 12.6 Å². The highest BCUT2D eigenvalue weighted by molar-refractivity contribution is 6.62. The lowest BCUT2D eigenvalue weighted by atomic mass is 9.81. The van der Waals surface area contributed by atoms with Crippen molar-refractivity contribution in [2.75, 3.05) is 0 Å². The molecule has 1 saturated heterocycles.